The quantitative estimate of drug-likeness (QED) is 0.884. The molecule has 16 heavy (non-hydrogen) atoms. The Bertz CT molecular complexity index is 499. The van der Waals surface area contributed by atoms with Gasteiger partial charge in [0, 0.05) is 20.3 Å². The first-order valence-electron chi connectivity index (χ1n) is 4.57. The van der Waals surface area contributed by atoms with Crippen molar-refractivity contribution in [2.75, 3.05) is 0 Å². The molecule has 2 aromatic carbocycles. The van der Waals surface area contributed by atoms with Crippen molar-refractivity contribution >= 4 is 27.7 Å². The van der Waals surface area contributed by atoms with Gasteiger partial charge in [-0.3, -0.25) is 0 Å². The van der Waals surface area contributed by atoms with E-state index in [9.17, 15) is 4.39 Å². The average molecular weight is 299 g/mol. The van der Waals surface area contributed by atoms with Crippen molar-refractivity contribution in [1.29, 1.82) is 0 Å². The number of benzene rings is 2. The summed E-state index contributed by atoms with van der Waals surface area (Å²) >= 11 is 4.66. The largest absolute Gasteiger partial charge is 0.508 e. The summed E-state index contributed by atoms with van der Waals surface area (Å²) < 4.78 is 14.4. The number of rotatable bonds is 2. The van der Waals surface area contributed by atoms with Gasteiger partial charge in [0.15, 0.2) is 0 Å². The van der Waals surface area contributed by atoms with E-state index in [1.165, 1.54) is 17.8 Å². The third kappa shape index (κ3) is 2.77. The topological polar surface area (TPSA) is 20.2 Å². The van der Waals surface area contributed by atoms with Crippen LogP contribution in [0.2, 0.25) is 0 Å². The fourth-order valence-electron chi connectivity index (χ4n) is 1.20. The normalized spacial score (nSPS) is 10.4. The van der Waals surface area contributed by atoms with Gasteiger partial charge in [0.25, 0.3) is 0 Å². The van der Waals surface area contributed by atoms with Crippen LogP contribution in [0.25, 0.3) is 0 Å². The van der Waals surface area contributed by atoms with Crippen molar-refractivity contribution in [2.24, 2.45) is 0 Å². The Balaban J connectivity index is 2.23. The molecule has 0 saturated carbocycles. The molecule has 2 aromatic rings. The summed E-state index contributed by atoms with van der Waals surface area (Å²) in [5.41, 5.74) is 0. The second kappa shape index (κ2) is 4.89. The van der Waals surface area contributed by atoms with Crippen LogP contribution in [0, 0.1) is 5.82 Å². The summed E-state index contributed by atoms with van der Waals surface area (Å²) in [4.78, 5) is 1.45. The molecule has 1 N–H and O–H groups in total. The minimum absolute atomic E-state index is 0.0577. The lowest BCUT2D eigenvalue weighted by Gasteiger charge is -2.03. The predicted octanol–water partition coefficient (Wildman–Crippen LogP) is 4.45. The van der Waals surface area contributed by atoms with E-state index in [0.717, 1.165) is 15.4 Å². The van der Waals surface area contributed by atoms with Crippen molar-refractivity contribution in [2.45, 2.75) is 9.79 Å². The van der Waals surface area contributed by atoms with Crippen LogP contribution in [0.1, 0.15) is 0 Å². The highest BCUT2D eigenvalue weighted by Crippen LogP contribution is 2.31. The number of halogens is 2. The summed E-state index contributed by atoms with van der Waals surface area (Å²) in [5, 5.41) is 9.08. The number of hydrogen-bond acceptors (Lipinski definition) is 2. The molecule has 0 heterocycles. The van der Waals surface area contributed by atoms with Crippen molar-refractivity contribution in [1.82, 2.24) is 0 Å². The monoisotopic (exact) mass is 298 g/mol. The zero-order chi connectivity index (χ0) is 11.5. The van der Waals surface area contributed by atoms with E-state index in [1.807, 2.05) is 24.3 Å². The van der Waals surface area contributed by atoms with Crippen LogP contribution < -0.4 is 0 Å². The zero-order valence-corrected chi connectivity index (χ0v) is 10.6. The molecule has 2 rings (SSSR count). The third-order valence-corrected chi connectivity index (χ3v) is 3.54. The highest BCUT2D eigenvalue weighted by Gasteiger charge is 2.05. The standard InChI is InChI=1S/C12H8BrFOS/c13-8-1-4-10(5-2-8)16-12-6-3-9(15)7-11(12)14/h1-7,15H. The molecule has 0 fully saturated rings. The summed E-state index contributed by atoms with van der Waals surface area (Å²) in [6.07, 6.45) is 0. The molecule has 1 nitrogen and oxygen atoms in total. The Hall–Kier alpha value is -1.00. The van der Waals surface area contributed by atoms with Crippen molar-refractivity contribution in [3.05, 3.63) is 52.8 Å². The SMILES string of the molecule is Oc1ccc(Sc2ccc(Br)cc2)c(F)c1. The van der Waals surface area contributed by atoms with Gasteiger partial charge in [0.05, 0.1) is 0 Å². The average Bonchev–Trinajstić information content (AvgIpc) is 2.25. The highest BCUT2D eigenvalue weighted by molar-refractivity contribution is 9.10. The fraction of sp³-hybridized carbons (Fsp3) is 0. The zero-order valence-electron chi connectivity index (χ0n) is 8.15. The number of hydrogen-bond donors (Lipinski definition) is 1. The molecular formula is C12H8BrFOS. The molecule has 0 aliphatic carbocycles. The Kier molecular flexibility index (Phi) is 3.51. The van der Waals surface area contributed by atoms with Gasteiger partial charge in [-0.2, -0.15) is 0 Å². The molecule has 82 valence electrons. The van der Waals surface area contributed by atoms with Crippen LogP contribution in [-0.4, -0.2) is 5.11 Å². The van der Waals surface area contributed by atoms with Gasteiger partial charge in [-0.25, -0.2) is 4.39 Å². The number of phenolic OH excluding ortho intramolecular Hbond substituents is 1. The summed E-state index contributed by atoms with van der Waals surface area (Å²) in [6, 6.07) is 11.8. The molecule has 0 unspecified atom stereocenters. The lowest BCUT2D eigenvalue weighted by molar-refractivity contribution is 0.466. The molecule has 4 heteroatoms. The molecule has 0 aromatic heterocycles. The van der Waals surface area contributed by atoms with Crippen LogP contribution in [0.3, 0.4) is 0 Å². The molecule has 0 saturated heterocycles. The van der Waals surface area contributed by atoms with E-state index in [2.05, 4.69) is 15.9 Å². The lowest BCUT2D eigenvalue weighted by Crippen LogP contribution is -1.80. The van der Waals surface area contributed by atoms with Crippen LogP contribution in [0.5, 0.6) is 5.75 Å². The van der Waals surface area contributed by atoms with Crippen LogP contribution in [0.4, 0.5) is 4.39 Å². The van der Waals surface area contributed by atoms with Gasteiger partial charge in [-0.1, -0.05) is 27.7 Å². The Morgan fingerprint density at radius 2 is 1.75 bits per heavy atom. The Morgan fingerprint density at radius 3 is 2.38 bits per heavy atom. The van der Waals surface area contributed by atoms with Gasteiger partial charge in [-0.05, 0) is 36.4 Å². The van der Waals surface area contributed by atoms with Crippen molar-refractivity contribution < 1.29 is 9.50 Å². The highest BCUT2D eigenvalue weighted by atomic mass is 79.9. The Morgan fingerprint density at radius 1 is 1.06 bits per heavy atom. The smallest absolute Gasteiger partial charge is 0.140 e. The molecule has 0 radical (unpaired) electrons. The predicted molar refractivity (Wildman–Crippen MR) is 66.3 cm³/mol. The van der Waals surface area contributed by atoms with E-state index >= 15 is 0 Å². The molecule has 0 aliphatic heterocycles. The van der Waals surface area contributed by atoms with Crippen molar-refractivity contribution in [3.8, 4) is 5.75 Å². The molecule has 0 aliphatic rings. The minimum Gasteiger partial charge on any atom is -0.508 e. The van der Waals surface area contributed by atoms with E-state index in [-0.39, 0.29) is 5.75 Å². The van der Waals surface area contributed by atoms with Gasteiger partial charge in [0.1, 0.15) is 11.6 Å². The third-order valence-electron chi connectivity index (χ3n) is 1.96. The van der Waals surface area contributed by atoms with Crippen molar-refractivity contribution in [3.63, 3.8) is 0 Å². The Labute approximate surface area is 105 Å². The van der Waals surface area contributed by atoms with Crippen LogP contribution >= 0.6 is 27.7 Å². The van der Waals surface area contributed by atoms with Crippen LogP contribution in [0.15, 0.2) is 56.7 Å². The van der Waals surface area contributed by atoms with E-state index in [1.54, 1.807) is 6.07 Å². The van der Waals surface area contributed by atoms with E-state index < -0.39 is 5.82 Å². The fourth-order valence-corrected chi connectivity index (χ4v) is 2.29. The first kappa shape index (κ1) is 11.5. The summed E-state index contributed by atoms with van der Waals surface area (Å²) in [7, 11) is 0. The first-order chi connectivity index (χ1) is 7.65. The van der Waals surface area contributed by atoms with E-state index in [0.29, 0.717) is 4.90 Å². The maximum Gasteiger partial charge on any atom is 0.140 e. The maximum absolute atomic E-state index is 13.4. The van der Waals surface area contributed by atoms with Gasteiger partial charge >= 0.3 is 0 Å². The lowest BCUT2D eigenvalue weighted by atomic mass is 10.3. The molecule has 0 amide bonds. The minimum atomic E-state index is -0.409. The second-order valence-corrected chi connectivity index (χ2v) is 5.20. The molecule has 0 spiro atoms. The van der Waals surface area contributed by atoms with Gasteiger partial charge in [0.2, 0.25) is 0 Å². The molecule has 0 bridgehead atoms. The number of phenols is 1. The summed E-state index contributed by atoms with van der Waals surface area (Å²) in [5.74, 6) is -0.467. The summed E-state index contributed by atoms with van der Waals surface area (Å²) in [6.45, 7) is 0. The molecular weight excluding hydrogens is 291 g/mol. The van der Waals surface area contributed by atoms with Gasteiger partial charge in [-0.15, -0.1) is 0 Å². The second-order valence-electron chi connectivity index (χ2n) is 3.17. The van der Waals surface area contributed by atoms with Crippen LogP contribution in [-0.2, 0) is 0 Å². The maximum atomic E-state index is 13.4. The van der Waals surface area contributed by atoms with Gasteiger partial charge < -0.3 is 5.11 Å². The number of aromatic hydroxyl groups is 1. The molecule has 0 atom stereocenters. The van der Waals surface area contributed by atoms with E-state index in [4.69, 9.17) is 5.11 Å². The first-order valence-corrected chi connectivity index (χ1v) is 6.18.